The average Bonchev–Trinajstić information content (AvgIpc) is 2.32. The number of hydrogen-bond donors (Lipinski definition) is 0. The first-order valence-corrected chi connectivity index (χ1v) is 7.42. The van der Waals surface area contributed by atoms with E-state index < -0.39 is 5.97 Å². The molecule has 4 nitrogen and oxygen atoms in total. The zero-order chi connectivity index (χ0) is 16.8. The molecule has 4 heteroatoms. The maximum Gasteiger partial charge on any atom is 0.333 e. The number of carbonyl (C=O) groups excluding carboxylic acids is 2. The smallest absolute Gasteiger partial charge is 0.333 e. The van der Waals surface area contributed by atoms with Gasteiger partial charge in [-0.3, -0.25) is 4.79 Å². The molecule has 0 rings (SSSR count). The molecule has 0 aromatic heterocycles. The average molecular weight is 298 g/mol. The molecule has 0 saturated carbocycles. The van der Waals surface area contributed by atoms with Crippen LogP contribution in [0.4, 0.5) is 0 Å². The Morgan fingerprint density at radius 3 is 1.90 bits per heavy atom. The Kier molecular flexibility index (Phi) is 7.14. The van der Waals surface area contributed by atoms with Crippen LogP contribution in [0.1, 0.15) is 54.9 Å². The minimum Gasteiger partial charge on any atom is -0.462 e. The standard InChI is InChI=1S/C17H30O4/c1-9-17(7,8)13(16(4,5)6)15(19)21-11-10-20-14(18)12(2)3/h13H,2,9-11H2,1,3-8H3. The van der Waals surface area contributed by atoms with Crippen LogP contribution in [0, 0.1) is 16.7 Å². The molecule has 0 aliphatic carbocycles. The van der Waals surface area contributed by atoms with Gasteiger partial charge in [-0.1, -0.05) is 54.5 Å². The normalized spacial score (nSPS) is 13.5. The van der Waals surface area contributed by atoms with Crippen LogP contribution in [0.25, 0.3) is 0 Å². The fourth-order valence-electron chi connectivity index (χ4n) is 2.53. The molecule has 0 radical (unpaired) electrons. The topological polar surface area (TPSA) is 52.6 Å². The van der Waals surface area contributed by atoms with Gasteiger partial charge in [0.05, 0.1) is 5.92 Å². The van der Waals surface area contributed by atoms with Gasteiger partial charge in [-0.2, -0.15) is 0 Å². The van der Waals surface area contributed by atoms with Crippen molar-refractivity contribution in [2.24, 2.45) is 16.7 Å². The molecule has 0 amide bonds. The van der Waals surface area contributed by atoms with Gasteiger partial charge in [-0.05, 0) is 17.8 Å². The van der Waals surface area contributed by atoms with E-state index in [9.17, 15) is 9.59 Å². The van der Waals surface area contributed by atoms with E-state index in [1.165, 1.54) is 0 Å². The lowest BCUT2D eigenvalue weighted by molar-refractivity contribution is -0.162. The van der Waals surface area contributed by atoms with E-state index in [4.69, 9.17) is 9.47 Å². The number of hydrogen-bond acceptors (Lipinski definition) is 4. The highest BCUT2D eigenvalue weighted by molar-refractivity contribution is 5.86. The molecule has 0 bridgehead atoms. The van der Waals surface area contributed by atoms with Crippen LogP contribution < -0.4 is 0 Å². The Balaban J connectivity index is 4.59. The second-order valence-corrected chi connectivity index (χ2v) is 7.22. The van der Waals surface area contributed by atoms with Crippen molar-refractivity contribution >= 4 is 11.9 Å². The summed E-state index contributed by atoms with van der Waals surface area (Å²) in [6, 6.07) is 0. The van der Waals surface area contributed by atoms with Gasteiger partial charge in [-0.15, -0.1) is 0 Å². The molecule has 0 aliphatic rings. The molecular formula is C17H30O4. The van der Waals surface area contributed by atoms with Crippen molar-refractivity contribution in [2.45, 2.75) is 54.9 Å². The van der Waals surface area contributed by atoms with Crippen molar-refractivity contribution in [1.82, 2.24) is 0 Å². The van der Waals surface area contributed by atoms with Crippen molar-refractivity contribution in [3.63, 3.8) is 0 Å². The van der Waals surface area contributed by atoms with Gasteiger partial charge in [0.2, 0.25) is 0 Å². The van der Waals surface area contributed by atoms with Crippen LogP contribution in [-0.2, 0) is 19.1 Å². The van der Waals surface area contributed by atoms with Crippen molar-refractivity contribution < 1.29 is 19.1 Å². The summed E-state index contributed by atoms with van der Waals surface area (Å²) in [5.41, 5.74) is -0.00433. The first-order chi connectivity index (χ1) is 9.43. The van der Waals surface area contributed by atoms with Crippen LogP contribution in [0.15, 0.2) is 12.2 Å². The van der Waals surface area contributed by atoms with Gasteiger partial charge in [0, 0.05) is 5.57 Å². The molecule has 0 fully saturated rings. The summed E-state index contributed by atoms with van der Waals surface area (Å²) >= 11 is 0. The maximum absolute atomic E-state index is 12.4. The summed E-state index contributed by atoms with van der Waals surface area (Å²) in [6.07, 6.45) is 0.884. The molecule has 0 spiro atoms. The Bertz CT molecular complexity index is 388. The van der Waals surface area contributed by atoms with Crippen molar-refractivity contribution in [3.8, 4) is 0 Å². The maximum atomic E-state index is 12.4. The van der Waals surface area contributed by atoms with E-state index in [2.05, 4.69) is 27.4 Å². The van der Waals surface area contributed by atoms with Crippen LogP contribution in [0.2, 0.25) is 0 Å². The van der Waals surface area contributed by atoms with Gasteiger partial charge >= 0.3 is 11.9 Å². The monoisotopic (exact) mass is 298 g/mol. The first kappa shape index (κ1) is 19.7. The molecule has 0 saturated heterocycles. The number of ether oxygens (including phenoxy) is 2. The zero-order valence-corrected chi connectivity index (χ0v) is 14.5. The quantitative estimate of drug-likeness (QED) is 0.408. The lowest BCUT2D eigenvalue weighted by Gasteiger charge is -2.40. The molecular weight excluding hydrogens is 268 g/mol. The van der Waals surface area contributed by atoms with E-state index in [1.54, 1.807) is 6.92 Å². The molecule has 0 aliphatic heterocycles. The highest BCUT2D eigenvalue weighted by Gasteiger charge is 2.43. The van der Waals surface area contributed by atoms with Crippen LogP contribution >= 0.6 is 0 Å². The van der Waals surface area contributed by atoms with Crippen molar-refractivity contribution in [3.05, 3.63) is 12.2 Å². The van der Waals surface area contributed by atoms with Gasteiger partial charge in [0.1, 0.15) is 13.2 Å². The second kappa shape index (κ2) is 7.62. The SMILES string of the molecule is C=C(C)C(=O)OCCOC(=O)C(C(C)(C)C)C(C)(C)CC. The number of esters is 2. The van der Waals surface area contributed by atoms with E-state index in [0.29, 0.717) is 5.57 Å². The van der Waals surface area contributed by atoms with E-state index in [-0.39, 0.29) is 35.9 Å². The number of rotatable bonds is 7. The highest BCUT2D eigenvalue weighted by atomic mass is 16.6. The Hall–Kier alpha value is -1.32. The molecule has 0 aromatic carbocycles. The zero-order valence-electron chi connectivity index (χ0n) is 14.5. The molecule has 0 N–H and O–H groups in total. The molecule has 1 unspecified atom stereocenters. The van der Waals surface area contributed by atoms with Crippen LogP contribution in [0.3, 0.4) is 0 Å². The van der Waals surface area contributed by atoms with Crippen molar-refractivity contribution in [2.75, 3.05) is 13.2 Å². The summed E-state index contributed by atoms with van der Waals surface area (Å²) in [5.74, 6) is -0.917. The fourth-order valence-corrected chi connectivity index (χ4v) is 2.53. The number of carbonyl (C=O) groups is 2. The summed E-state index contributed by atoms with van der Waals surface area (Å²) in [6.45, 7) is 17.5. The minimum atomic E-state index is -0.465. The largest absolute Gasteiger partial charge is 0.462 e. The minimum absolute atomic E-state index is 0.0564. The van der Waals surface area contributed by atoms with Gasteiger partial charge in [0.25, 0.3) is 0 Å². The lowest BCUT2D eigenvalue weighted by Crippen LogP contribution is -2.41. The molecule has 1 atom stereocenters. The van der Waals surface area contributed by atoms with Gasteiger partial charge in [0.15, 0.2) is 0 Å². The second-order valence-electron chi connectivity index (χ2n) is 7.22. The van der Waals surface area contributed by atoms with E-state index in [0.717, 1.165) is 6.42 Å². The third-order valence-electron chi connectivity index (χ3n) is 3.70. The Morgan fingerprint density at radius 2 is 1.52 bits per heavy atom. The van der Waals surface area contributed by atoms with E-state index >= 15 is 0 Å². The van der Waals surface area contributed by atoms with Crippen LogP contribution in [-0.4, -0.2) is 25.2 Å². The summed E-state index contributed by atoms with van der Waals surface area (Å²) < 4.78 is 10.2. The summed E-state index contributed by atoms with van der Waals surface area (Å²) in [5, 5.41) is 0. The predicted octanol–water partition coefficient (Wildman–Crippen LogP) is 3.75. The third kappa shape index (κ3) is 6.32. The van der Waals surface area contributed by atoms with Crippen molar-refractivity contribution in [1.29, 1.82) is 0 Å². The van der Waals surface area contributed by atoms with Crippen LogP contribution in [0.5, 0.6) is 0 Å². The third-order valence-corrected chi connectivity index (χ3v) is 3.70. The predicted molar refractivity (Wildman–Crippen MR) is 83.7 cm³/mol. The summed E-state index contributed by atoms with van der Waals surface area (Å²) in [7, 11) is 0. The summed E-state index contributed by atoms with van der Waals surface area (Å²) in [4.78, 5) is 23.6. The van der Waals surface area contributed by atoms with E-state index in [1.807, 2.05) is 20.8 Å². The lowest BCUT2D eigenvalue weighted by atomic mass is 9.64. The van der Waals surface area contributed by atoms with Gasteiger partial charge in [-0.25, -0.2) is 4.79 Å². The molecule has 122 valence electrons. The molecule has 0 heterocycles. The highest BCUT2D eigenvalue weighted by Crippen LogP contribution is 2.42. The molecule has 0 aromatic rings. The fraction of sp³-hybridized carbons (Fsp3) is 0.765. The molecule has 21 heavy (non-hydrogen) atoms. The Morgan fingerprint density at radius 1 is 1.05 bits per heavy atom. The van der Waals surface area contributed by atoms with Gasteiger partial charge < -0.3 is 9.47 Å². The Labute approximate surface area is 128 Å². The first-order valence-electron chi connectivity index (χ1n) is 7.42.